The average Bonchev–Trinajstić information content (AvgIpc) is 3.13. The number of aryl methyl sites for hydroxylation is 1. The number of aromatic nitrogens is 4. The third-order valence-corrected chi connectivity index (χ3v) is 5.04. The van der Waals surface area contributed by atoms with Gasteiger partial charge in [-0.05, 0) is 38.4 Å². The Morgan fingerprint density at radius 3 is 2.65 bits per heavy atom. The number of nitrogens with zero attached hydrogens (tertiary/aromatic N) is 5. The number of hydrogen-bond acceptors (Lipinski definition) is 6. The Morgan fingerprint density at radius 1 is 1.15 bits per heavy atom. The van der Waals surface area contributed by atoms with Crippen molar-refractivity contribution < 1.29 is 4.52 Å². The molecule has 4 rings (SSSR count). The summed E-state index contributed by atoms with van der Waals surface area (Å²) in [5.74, 6) is 2.17. The van der Waals surface area contributed by atoms with Gasteiger partial charge in [-0.2, -0.15) is 4.98 Å². The van der Waals surface area contributed by atoms with E-state index in [2.05, 4.69) is 28.9 Å². The minimum Gasteiger partial charge on any atom is -0.339 e. The van der Waals surface area contributed by atoms with E-state index in [9.17, 15) is 0 Å². The first-order valence-corrected chi connectivity index (χ1v) is 9.38. The van der Waals surface area contributed by atoms with E-state index in [4.69, 9.17) is 14.5 Å². The lowest BCUT2D eigenvalue weighted by Crippen LogP contribution is -2.34. The summed E-state index contributed by atoms with van der Waals surface area (Å²) in [6, 6.07) is 8.05. The summed E-state index contributed by atoms with van der Waals surface area (Å²) in [6.07, 6.45) is 2.22. The number of likely N-dealkylation sites (tertiary alicyclic amines) is 1. The predicted octanol–water partition coefficient (Wildman–Crippen LogP) is 3.82. The fraction of sp³-hybridized carbons (Fsp3) is 0.500. The van der Waals surface area contributed by atoms with Gasteiger partial charge in [0.1, 0.15) is 0 Å². The van der Waals surface area contributed by atoms with E-state index < -0.39 is 0 Å². The van der Waals surface area contributed by atoms with Gasteiger partial charge in [0.2, 0.25) is 5.89 Å². The first-order valence-electron chi connectivity index (χ1n) is 9.38. The van der Waals surface area contributed by atoms with Gasteiger partial charge in [-0.25, -0.2) is 9.97 Å². The molecule has 26 heavy (non-hydrogen) atoms. The van der Waals surface area contributed by atoms with Gasteiger partial charge in [-0.15, -0.1) is 0 Å². The van der Waals surface area contributed by atoms with Crippen molar-refractivity contribution >= 4 is 11.0 Å². The molecule has 3 heterocycles. The van der Waals surface area contributed by atoms with Crippen LogP contribution >= 0.6 is 0 Å². The minimum atomic E-state index is 0.294. The molecular formula is C20H25N5O. The Balaban J connectivity index is 1.50. The van der Waals surface area contributed by atoms with Crippen LogP contribution < -0.4 is 0 Å². The largest absolute Gasteiger partial charge is 0.339 e. The summed E-state index contributed by atoms with van der Waals surface area (Å²) in [7, 11) is 0. The molecule has 6 nitrogen and oxygen atoms in total. The molecule has 0 saturated carbocycles. The third-order valence-electron chi connectivity index (χ3n) is 5.04. The van der Waals surface area contributed by atoms with E-state index in [0.717, 1.165) is 66.6 Å². The lowest BCUT2D eigenvalue weighted by Gasteiger charge is -2.30. The van der Waals surface area contributed by atoms with Crippen molar-refractivity contribution in [2.45, 2.75) is 52.0 Å². The minimum absolute atomic E-state index is 0.294. The second-order valence-electron chi connectivity index (χ2n) is 7.46. The van der Waals surface area contributed by atoms with E-state index in [1.807, 2.05) is 31.2 Å². The number of para-hydroxylation sites is 2. The quantitative estimate of drug-likeness (QED) is 0.712. The normalized spacial score (nSPS) is 18.7. The number of hydrogen-bond donors (Lipinski definition) is 0. The van der Waals surface area contributed by atoms with Crippen LogP contribution in [0.15, 0.2) is 28.8 Å². The molecule has 0 spiro atoms. The van der Waals surface area contributed by atoms with Gasteiger partial charge in [0, 0.05) is 19.0 Å². The maximum absolute atomic E-state index is 5.53. The number of fused-ring (bicyclic) bond motifs is 1. The molecule has 0 amide bonds. The van der Waals surface area contributed by atoms with E-state index in [-0.39, 0.29) is 0 Å². The zero-order valence-electron chi connectivity index (χ0n) is 15.6. The molecule has 0 radical (unpaired) electrons. The zero-order valence-corrected chi connectivity index (χ0v) is 15.6. The maximum Gasteiger partial charge on any atom is 0.231 e. The van der Waals surface area contributed by atoms with Crippen molar-refractivity contribution in [1.29, 1.82) is 0 Å². The highest BCUT2D eigenvalue weighted by Gasteiger charge is 2.27. The fourth-order valence-electron chi connectivity index (χ4n) is 3.53. The second kappa shape index (κ2) is 7.11. The topological polar surface area (TPSA) is 67.9 Å². The first kappa shape index (κ1) is 17.1. The van der Waals surface area contributed by atoms with Crippen LogP contribution in [0.4, 0.5) is 0 Å². The molecule has 1 fully saturated rings. The fourth-order valence-corrected chi connectivity index (χ4v) is 3.53. The maximum atomic E-state index is 5.53. The molecule has 0 N–H and O–H groups in total. The van der Waals surface area contributed by atoms with Crippen LogP contribution in [0.25, 0.3) is 11.0 Å². The Labute approximate surface area is 153 Å². The van der Waals surface area contributed by atoms with E-state index in [1.54, 1.807) is 0 Å². The van der Waals surface area contributed by atoms with Crippen molar-refractivity contribution in [2.75, 3.05) is 13.1 Å². The van der Waals surface area contributed by atoms with Crippen molar-refractivity contribution in [3.8, 4) is 0 Å². The van der Waals surface area contributed by atoms with Crippen LogP contribution in [0.1, 0.15) is 61.6 Å². The van der Waals surface area contributed by atoms with Gasteiger partial charge in [0.25, 0.3) is 0 Å². The third kappa shape index (κ3) is 3.46. The average molecular weight is 351 g/mol. The van der Waals surface area contributed by atoms with E-state index >= 15 is 0 Å². The van der Waals surface area contributed by atoms with Gasteiger partial charge in [-0.3, -0.25) is 4.90 Å². The first-order chi connectivity index (χ1) is 12.6. The molecule has 6 heteroatoms. The molecule has 136 valence electrons. The Kier molecular flexibility index (Phi) is 4.68. The van der Waals surface area contributed by atoms with Gasteiger partial charge >= 0.3 is 0 Å². The number of rotatable bonds is 4. The summed E-state index contributed by atoms with van der Waals surface area (Å²) >= 11 is 0. The lowest BCUT2D eigenvalue weighted by molar-refractivity contribution is 0.178. The van der Waals surface area contributed by atoms with Crippen molar-refractivity contribution in [3.05, 3.63) is 47.4 Å². The number of benzene rings is 1. The summed E-state index contributed by atoms with van der Waals surface area (Å²) in [5, 5.41) is 4.12. The van der Waals surface area contributed by atoms with Gasteiger partial charge in [0.15, 0.2) is 5.82 Å². The Hall–Kier alpha value is -2.34. The van der Waals surface area contributed by atoms with E-state index in [1.165, 1.54) is 0 Å². The molecule has 1 aliphatic rings. The van der Waals surface area contributed by atoms with Crippen molar-refractivity contribution in [2.24, 2.45) is 0 Å². The number of piperidine rings is 1. The molecular weight excluding hydrogens is 326 g/mol. The molecule has 1 aromatic carbocycles. The second-order valence-corrected chi connectivity index (χ2v) is 7.46. The van der Waals surface area contributed by atoms with Gasteiger partial charge in [-0.1, -0.05) is 31.1 Å². The van der Waals surface area contributed by atoms with Crippen LogP contribution in [-0.2, 0) is 6.54 Å². The Bertz CT molecular complexity index is 904. The highest BCUT2D eigenvalue weighted by atomic mass is 16.5. The summed E-state index contributed by atoms with van der Waals surface area (Å²) in [4.78, 5) is 16.6. The van der Waals surface area contributed by atoms with Gasteiger partial charge in [0.05, 0.1) is 28.3 Å². The molecule has 0 unspecified atom stereocenters. The molecule has 0 bridgehead atoms. The SMILES string of the molecule is Cc1nc2ccccc2nc1CN1CCC[C@H](c2nc(C(C)C)no2)C1. The summed E-state index contributed by atoms with van der Waals surface area (Å²) < 4.78 is 5.53. The van der Waals surface area contributed by atoms with Crippen LogP contribution in [0.5, 0.6) is 0 Å². The summed E-state index contributed by atoms with van der Waals surface area (Å²) in [6.45, 7) is 9.02. The molecule has 2 aromatic heterocycles. The van der Waals surface area contributed by atoms with Crippen molar-refractivity contribution in [3.63, 3.8) is 0 Å². The molecule has 3 aromatic rings. The highest BCUT2D eigenvalue weighted by molar-refractivity contribution is 5.74. The summed E-state index contributed by atoms with van der Waals surface area (Å²) in [5.41, 5.74) is 3.97. The standard InChI is InChI=1S/C20H25N5O/c1-13(2)19-23-20(26-24-19)15-7-6-10-25(11-15)12-18-14(3)21-16-8-4-5-9-17(16)22-18/h4-5,8-9,13,15H,6-7,10-12H2,1-3H3/t15-/m0/s1. The van der Waals surface area contributed by atoms with Crippen LogP contribution in [-0.4, -0.2) is 38.1 Å². The predicted molar refractivity (Wildman–Crippen MR) is 99.9 cm³/mol. The molecule has 1 atom stereocenters. The van der Waals surface area contributed by atoms with Crippen LogP contribution in [0.3, 0.4) is 0 Å². The van der Waals surface area contributed by atoms with Crippen LogP contribution in [0.2, 0.25) is 0 Å². The van der Waals surface area contributed by atoms with Gasteiger partial charge < -0.3 is 4.52 Å². The van der Waals surface area contributed by atoms with Crippen LogP contribution in [0, 0.1) is 6.92 Å². The molecule has 0 aliphatic carbocycles. The lowest BCUT2D eigenvalue weighted by atomic mass is 9.97. The molecule has 1 saturated heterocycles. The monoisotopic (exact) mass is 351 g/mol. The molecule has 1 aliphatic heterocycles. The van der Waals surface area contributed by atoms with Crippen molar-refractivity contribution in [1.82, 2.24) is 25.0 Å². The Morgan fingerprint density at radius 2 is 1.92 bits per heavy atom. The zero-order chi connectivity index (χ0) is 18.1. The highest BCUT2D eigenvalue weighted by Crippen LogP contribution is 2.28. The smallest absolute Gasteiger partial charge is 0.231 e. The van der Waals surface area contributed by atoms with E-state index in [0.29, 0.717) is 11.8 Å².